The number of amides is 4. The molecular formula is C19H17ClN4O5. The van der Waals surface area contributed by atoms with Crippen molar-refractivity contribution in [3.63, 3.8) is 0 Å². The van der Waals surface area contributed by atoms with Gasteiger partial charge in [-0.25, -0.2) is 4.79 Å². The maximum atomic E-state index is 12.8. The van der Waals surface area contributed by atoms with Gasteiger partial charge in [0.05, 0.1) is 4.92 Å². The van der Waals surface area contributed by atoms with Crippen molar-refractivity contribution in [2.24, 2.45) is 0 Å². The van der Waals surface area contributed by atoms with Crippen LogP contribution in [0.25, 0.3) is 0 Å². The first-order chi connectivity index (χ1) is 13.7. The number of nitrogens with zero attached hydrogens (tertiary/aromatic N) is 2. The number of nitro benzene ring substituents is 1. The summed E-state index contributed by atoms with van der Waals surface area (Å²) in [6.45, 7) is 1.23. The van der Waals surface area contributed by atoms with E-state index in [9.17, 15) is 24.5 Å². The summed E-state index contributed by atoms with van der Waals surface area (Å²) < 4.78 is 0. The highest BCUT2D eigenvalue weighted by Gasteiger charge is 2.49. The molecule has 3 rings (SSSR count). The second kappa shape index (κ2) is 7.88. The fraction of sp³-hybridized carbons (Fsp3) is 0.211. The molecule has 1 atom stereocenters. The number of carbonyl (C=O) groups excluding carboxylic acids is 3. The van der Waals surface area contributed by atoms with Crippen LogP contribution in [0, 0.1) is 10.1 Å². The van der Waals surface area contributed by atoms with Crippen LogP contribution in [0.5, 0.6) is 0 Å². The fourth-order valence-corrected chi connectivity index (χ4v) is 3.21. The lowest BCUT2D eigenvalue weighted by Gasteiger charge is -2.22. The molecule has 0 saturated carbocycles. The van der Waals surface area contributed by atoms with E-state index in [0.717, 1.165) is 10.5 Å². The van der Waals surface area contributed by atoms with Gasteiger partial charge in [-0.2, -0.15) is 0 Å². The van der Waals surface area contributed by atoms with E-state index >= 15 is 0 Å². The summed E-state index contributed by atoms with van der Waals surface area (Å²) >= 11 is 5.90. The number of nitrogens with one attached hydrogen (secondary N) is 2. The van der Waals surface area contributed by atoms with Crippen LogP contribution in [0.2, 0.25) is 5.02 Å². The molecule has 0 aromatic heterocycles. The zero-order valence-corrected chi connectivity index (χ0v) is 16.1. The zero-order valence-electron chi connectivity index (χ0n) is 15.3. The highest BCUT2D eigenvalue weighted by Crippen LogP contribution is 2.29. The number of benzene rings is 2. The third-order valence-electron chi connectivity index (χ3n) is 4.61. The third kappa shape index (κ3) is 4.19. The molecule has 2 N–H and O–H groups in total. The number of halogens is 1. The van der Waals surface area contributed by atoms with Crippen molar-refractivity contribution in [1.82, 2.24) is 15.5 Å². The van der Waals surface area contributed by atoms with Gasteiger partial charge < -0.3 is 10.6 Å². The smallest absolute Gasteiger partial charge is 0.325 e. The van der Waals surface area contributed by atoms with Crippen LogP contribution in [0.3, 0.4) is 0 Å². The van der Waals surface area contributed by atoms with E-state index in [1.807, 2.05) is 0 Å². The van der Waals surface area contributed by atoms with E-state index < -0.39 is 34.9 Å². The Morgan fingerprint density at radius 3 is 2.55 bits per heavy atom. The molecule has 1 saturated heterocycles. The van der Waals surface area contributed by atoms with Crippen LogP contribution >= 0.6 is 11.6 Å². The quantitative estimate of drug-likeness (QED) is 0.425. The number of hydrogen-bond donors (Lipinski definition) is 2. The summed E-state index contributed by atoms with van der Waals surface area (Å²) in [5.74, 6) is -1.13. The van der Waals surface area contributed by atoms with Gasteiger partial charge in [0.15, 0.2) is 0 Å². The average molecular weight is 417 g/mol. The largest absolute Gasteiger partial charge is 0.350 e. The van der Waals surface area contributed by atoms with E-state index in [4.69, 9.17) is 11.6 Å². The van der Waals surface area contributed by atoms with Crippen LogP contribution in [0.15, 0.2) is 48.5 Å². The van der Waals surface area contributed by atoms with E-state index in [-0.39, 0.29) is 12.2 Å². The zero-order chi connectivity index (χ0) is 21.2. The predicted octanol–water partition coefficient (Wildman–Crippen LogP) is 2.33. The van der Waals surface area contributed by atoms with Gasteiger partial charge in [-0.15, -0.1) is 0 Å². The normalized spacial score (nSPS) is 18.5. The Labute approximate surface area is 170 Å². The van der Waals surface area contributed by atoms with Crippen LogP contribution in [-0.4, -0.2) is 34.2 Å². The van der Waals surface area contributed by atoms with Crippen molar-refractivity contribution >= 4 is 35.1 Å². The lowest BCUT2D eigenvalue weighted by molar-refractivity contribution is -0.384. The van der Waals surface area contributed by atoms with E-state index in [1.54, 1.807) is 24.3 Å². The summed E-state index contributed by atoms with van der Waals surface area (Å²) in [4.78, 5) is 48.4. The van der Waals surface area contributed by atoms with Gasteiger partial charge in [0.2, 0.25) is 5.91 Å². The number of carbonyl (C=O) groups is 3. The first kappa shape index (κ1) is 20.3. The molecule has 0 unspecified atom stereocenters. The number of urea groups is 1. The van der Waals surface area contributed by atoms with Crippen LogP contribution in [-0.2, 0) is 21.7 Å². The van der Waals surface area contributed by atoms with Crippen molar-refractivity contribution in [3.8, 4) is 0 Å². The summed E-state index contributed by atoms with van der Waals surface area (Å²) in [6, 6.07) is 11.5. The van der Waals surface area contributed by atoms with Gasteiger partial charge in [0.1, 0.15) is 12.1 Å². The minimum Gasteiger partial charge on any atom is -0.350 e. The molecule has 150 valence electrons. The Morgan fingerprint density at radius 2 is 1.93 bits per heavy atom. The molecule has 0 spiro atoms. The lowest BCUT2D eigenvalue weighted by atomic mass is 9.92. The first-order valence-corrected chi connectivity index (χ1v) is 8.98. The standard InChI is InChI=1S/C19H17ClN4O5/c1-19(13-5-7-15(8-6-13)24(28)29)17(26)23(18(27)22-19)11-16(25)21-10-12-3-2-4-14(20)9-12/h2-9H,10-11H2,1H3,(H,21,25)(H,22,27)/t19-/m0/s1. The number of non-ortho nitro benzene ring substituents is 1. The van der Waals surface area contributed by atoms with Gasteiger partial charge in [-0.3, -0.25) is 24.6 Å². The van der Waals surface area contributed by atoms with E-state index in [2.05, 4.69) is 10.6 Å². The summed E-state index contributed by atoms with van der Waals surface area (Å²) in [5, 5.41) is 16.5. The molecule has 0 bridgehead atoms. The lowest BCUT2D eigenvalue weighted by Crippen LogP contribution is -2.43. The molecule has 29 heavy (non-hydrogen) atoms. The fourth-order valence-electron chi connectivity index (χ4n) is 3.00. The summed E-state index contributed by atoms with van der Waals surface area (Å²) in [6.07, 6.45) is 0. The Bertz CT molecular complexity index is 994. The Balaban J connectivity index is 1.68. The number of rotatable bonds is 6. The molecular weight excluding hydrogens is 400 g/mol. The molecule has 1 aliphatic heterocycles. The molecule has 2 aromatic rings. The SMILES string of the molecule is C[C@@]1(c2ccc([N+](=O)[O-])cc2)NC(=O)N(CC(=O)NCc2cccc(Cl)c2)C1=O. The molecule has 1 fully saturated rings. The Hall–Kier alpha value is -3.46. The van der Waals surface area contributed by atoms with Crippen LogP contribution in [0.4, 0.5) is 10.5 Å². The molecule has 1 aliphatic rings. The van der Waals surface area contributed by atoms with Crippen molar-refractivity contribution in [2.45, 2.75) is 19.0 Å². The van der Waals surface area contributed by atoms with Gasteiger partial charge in [-0.05, 0) is 42.3 Å². The molecule has 0 radical (unpaired) electrons. The topological polar surface area (TPSA) is 122 Å². The van der Waals surface area contributed by atoms with Crippen molar-refractivity contribution in [2.75, 3.05) is 6.54 Å². The monoisotopic (exact) mass is 416 g/mol. The molecule has 9 nitrogen and oxygen atoms in total. The second-order valence-electron chi connectivity index (χ2n) is 6.66. The first-order valence-electron chi connectivity index (χ1n) is 8.61. The molecule has 4 amide bonds. The van der Waals surface area contributed by atoms with Gasteiger partial charge in [0.25, 0.3) is 11.6 Å². The summed E-state index contributed by atoms with van der Waals surface area (Å²) in [5.41, 5.74) is -0.396. The number of hydrogen-bond acceptors (Lipinski definition) is 5. The van der Waals surface area contributed by atoms with E-state index in [0.29, 0.717) is 10.6 Å². The maximum Gasteiger partial charge on any atom is 0.325 e. The Morgan fingerprint density at radius 1 is 1.24 bits per heavy atom. The van der Waals surface area contributed by atoms with Gasteiger partial charge >= 0.3 is 6.03 Å². The highest BCUT2D eigenvalue weighted by molar-refractivity contribution is 6.30. The van der Waals surface area contributed by atoms with Gasteiger partial charge in [0, 0.05) is 23.7 Å². The number of nitro groups is 1. The minimum atomic E-state index is -1.42. The molecule has 10 heteroatoms. The van der Waals surface area contributed by atoms with E-state index in [1.165, 1.54) is 31.2 Å². The molecule has 1 heterocycles. The van der Waals surface area contributed by atoms with Crippen LogP contribution in [0.1, 0.15) is 18.1 Å². The van der Waals surface area contributed by atoms with Crippen LogP contribution < -0.4 is 10.6 Å². The number of imide groups is 1. The maximum absolute atomic E-state index is 12.8. The van der Waals surface area contributed by atoms with Crippen molar-refractivity contribution in [1.29, 1.82) is 0 Å². The second-order valence-corrected chi connectivity index (χ2v) is 7.09. The predicted molar refractivity (Wildman–Crippen MR) is 104 cm³/mol. The average Bonchev–Trinajstić information content (AvgIpc) is 2.90. The highest BCUT2D eigenvalue weighted by atomic mass is 35.5. The minimum absolute atomic E-state index is 0.133. The molecule has 2 aromatic carbocycles. The van der Waals surface area contributed by atoms with Crippen molar-refractivity contribution in [3.05, 3.63) is 74.8 Å². The molecule has 0 aliphatic carbocycles. The third-order valence-corrected chi connectivity index (χ3v) is 4.85. The Kier molecular flexibility index (Phi) is 5.51. The van der Waals surface area contributed by atoms with Crippen molar-refractivity contribution < 1.29 is 19.3 Å². The summed E-state index contributed by atoms with van der Waals surface area (Å²) in [7, 11) is 0. The van der Waals surface area contributed by atoms with Gasteiger partial charge in [-0.1, -0.05) is 23.7 Å².